The van der Waals surface area contributed by atoms with E-state index in [1.807, 2.05) is 17.8 Å². The number of benzene rings is 1. The zero-order valence-electron chi connectivity index (χ0n) is 13.3. The molecule has 2 aromatic rings. The first-order valence-corrected chi connectivity index (χ1v) is 7.93. The van der Waals surface area contributed by atoms with Gasteiger partial charge in [-0.3, -0.25) is 4.68 Å². The van der Waals surface area contributed by atoms with Gasteiger partial charge in [0.2, 0.25) is 0 Å². The van der Waals surface area contributed by atoms with Crippen LogP contribution in [-0.2, 0) is 19.9 Å². The van der Waals surface area contributed by atoms with Gasteiger partial charge < -0.3 is 5.32 Å². The molecule has 0 radical (unpaired) electrons. The van der Waals surface area contributed by atoms with Gasteiger partial charge in [0.1, 0.15) is 0 Å². The van der Waals surface area contributed by atoms with Crippen molar-refractivity contribution < 1.29 is 0 Å². The Balaban J connectivity index is 2.30. The van der Waals surface area contributed by atoms with E-state index < -0.39 is 0 Å². The van der Waals surface area contributed by atoms with Crippen molar-refractivity contribution in [1.82, 2.24) is 15.1 Å². The highest BCUT2D eigenvalue weighted by Gasteiger charge is 2.18. The molecule has 0 saturated carbocycles. The molecule has 0 saturated heterocycles. The molecule has 0 bridgehead atoms. The summed E-state index contributed by atoms with van der Waals surface area (Å²) in [6, 6.07) is 6.53. The summed E-state index contributed by atoms with van der Waals surface area (Å²) in [5, 5.41) is 8.97. The third-order valence-corrected chi connectivity index (χ3v) is 4.08. The summed E-state index contributed by atoms with van der Waals surface area (Å²) < 4.78 is 1.90. The van der Waals surface area contributed by atoms with Crippen LogP contribution in [0.2, 0.25) is 5.02 Å². The summed E-state index contributed by atoms with van der Waals surface area (Å²) in [7, 11) is 1.98. The van der Waals surface area contributed by atoms with E-state index in [1.54, 1.807) is 0 Å². The number of nitrogens with one attached hydrogen (secondary N) is 1. The largest absolute Gasteiger partial charge is 0.310 e. The van der Waals surface area contributed by atoms with Crippen molar-refractivity contribution in [3.05, 3.63) is 51.8 Å². The molecule has 0 aliphatic heterocycles. The number of likely N-dealkylation sites (N-methyl/N-ethyl adjacent to an activating group) is 1. The molecule has 1 aromatic carbocycles. The Hall–Kier alpha value is -1.32. The molecule has 3 nitrogen and oxygen atoms in total. The molecule has 0 aliphatic rings. The van der Waals surface area contributed by atoms with Crippen molar-refractivity contribution in [2.45, 2.75) is 39.7 Å². The van der Waals surface area contributed by atoms with Gasteiger partial charge in [-0.15, -0.1) is 0 Å². The molecule has 1 aromatic heterocycles. The van der Waals surface area contributed by atoms with Gasteiger partial charge in [0.15, 0.2) is 0 Å². The molecule has 1 heterocycles. The summed E-state index contributed by atoms with van der Waals surface area (Å²) in [4.78, 5) is 0. The lowest BCUT2D eigenvalue weighted by molar-refractivity contribution is 0.545. The quantitative estimate of drug-likeness (QED) is 0.879. The van der Waals surface area contributed by atoms with Crippen LogP contribution in [0.5, 0.6) is 0 Å². The molecular formula is C17H24ClN3. The van der Waals surface area contributed by atoms with Crippen LogP contribution >= 0.6 is 11.6 Å². The minimum absolute atomic E-state index is 0.249. The molecule has 114 valence electrons. The lowest BCUT2D eigenvalue weighted by Crippen LogP contribution is -2.23. The summed E-state index contributed by atoms with van der Waals surface area (Å²) in [5.41, 5.74) is 4.81. The van der Waals surface area contributed by atoms with Crippen molar-refractivity contribution in [1.29, 1.82) is 0 Å². The van der Waals surface area contributed by atoms with Gasteiger partial charge in [0, 0.05) is 29.9 Å². The zero-order chi connectivity index (χ0) is 15.4. The van der Waals surface area contributed by atoms with Gasteiger partial charge in [-0.1, -0.05) is 37.6 Å². The van der Waals surface area contributed by atoms with E-state index in [9.17, 15) is 0 Å². The number of hydrogen-bond donors (Lipinski definition) is 1. The maximum absolute atomic E-state index is 6.39. The number of halogens is 1. The second kappa shape index (κ2) is 7.10. The van der Waals surface area contributed by atoms with Crippen molar-refractivity contribution >= 4 is 11.6 Å². The fourth-order valence-corrected chi connectivity index (χ4v) is 3.01. The fourth-order valence-electron chi connectivity index (χ4n) is 2.70. The third kappa shape index (κ3) is 3.86. The minimum atomic E-state index is 0.249. The monoisotopic (exact) mass is 305 g/mol. The van der Waals surface area contributed by atoms with Crippen molar-refractivity contribution in [3.63, 3.8) is 0 Å². The highest BCUT2D eigenvalue weighted by Crippen LogP contribution is 2.26. The lowest BCUT2D eigenvalue weighted by atomic mass is 9.97. The summed E-state index contributed by atoms with van der Waals surface area (Å²) >= 11 is 6.39. The van der Waals surface area contributed by atoms with Gasteiger partial charge in [-0.2, -0.15) is 5.10 Å². The van der Waals surface area contributed by atoms with E-state index in [0.717, 1.165) is 30.1 Å². The smallest absolute Gasteiger partial charge is 0.0669 e. The van der Waals surface area contributed by atoms with Gasteiger partial charge in [0.25, 0.3) is 0 Å². The van der Waals surface area contributed by atoms with Crippen molar-refractivity contribution in [2.24, 2.45) is 7.05 Å². The molecular weight excluding hydrogens is 282 g/mol. The van der Waals surface area contributed by atoms with Crippen LogP contribution in [-0.4, -0.2) is 16.3 Å². The molecule has 1 N–H and O–H groups in total. The summed E-state index contributed by atoms with van der Waals surface area (Å²) in [6.07, 6.45) is 3.94. The maximum atomic E-state index is 6.39. The molecule has 0 aliphatic carbocycles. The second-order valence-corrected chi connectivity index (χ2v) is 5.87. The van der Waals surface area contributed by atoms with E-state index in [4.69, 9.17) is 11.6 Å². The average Bonchev–Trinajstić information content (AvgIpc) is 2.82. The first-order valence-electron chi connectivity index (χ1n) is 7.56. The van der Waals surface area contributed by atoms with Crippen molar-refractivity contribution in [2.75, 3.05) is 6.54 Å². The van der Waals surface area contributed by atoms with Crippen molar-refractivity contribution in [3.8, 4) is 0 Å². The molecule has 0 spiro atoms. The molecule has 1 atom stereocenters. The Morgan fingerprint density at radius 1 is 1.33 bits per heavy atom. The average molecular weight is 306 g/mol. The Morgan fingerprint density at radius 3 is 2.71 bits per heavy atom. The second-order valence-electron chi connectivity index (χ2n) is 5.47. The molecule has 2 rings (SSSR count). The Bertz CT molecular complexity index is 604. The highest BCUT2D eigenvalue weighted by molar-refractivity contribution is 6.31. The fraction of sp³-hybridized carbons (Fsp3) is 0.471. The van der Waals surface area contributed by atoms with Crippen LogP contribution in [0.4, 0.5) is 0 Å². The topological polar surface area (TPSA) is 29.9 Å². The molecule has 4 heteroatoms. The Morgan fingerprint density at radius 2 is 2.10 bits per heavy atom. The van der Waals surface area contributed by atoms with Crippen LogP contribution < -0.4 is 5.32 Å². The molecule has 0 amide bonds. The zero-order valence-corrected chi connectivity index (χ0v) is 14.0. The molecule has 0 fully saturated rings. The Kier molecular flexibility index (Phi) is 5.43. The standard InChI is InChI=1S/C17H24ClN3/c1-5-16-14(11-21(4)20-16)17(19-6-2)10-13-8-7-12(3)9-15(13)18/h7-9,11,17,19H,5-6,10H2,1-4H3. The van der Waals surface area contributed by atoms with E-state index >= 15 is 0 Å². The minimum Gasteiger partial charge on any atom is -0.310 e. The number of rotatable bonds is 6. The first kappa shape index (κ1) is 16.1. The van der Waals surface area contributed by atoms with Crippen LogP contribution in [0.3, 0.4) is 0 Å². The van der Waals surface area contributed by atoms with Crippen LogP contribution in [0.25, 0.3) is 0 Å². The maximum Gasteiger partial charge on any atom is 0.0669 e. The first-order chi connectivity index (χ1) is 10.0. The summed E-state index contributed by atoms with van der Waals surface area (Å²) in [5.74, 6) is 0. The van der Waals surface area contributed by atoms with E-state index in [0.29, 0.717) is 0 Å². The number of hydrogen-bond acceptors (Lipinski definition) is 2. The third-order valence-electron chi connectivity index (χ3n) is 3.73. The van der Waals surface area contributed by atoms with Crippen LogP contribution in [0.1, 0.15) is 42.3 Å². The van der Waals surface area contributed by atoms with Crippen LogP contribution in [0, 0.1) is 6.92 Å². The SMILES string of the molecule is CCNC(Cc1ccc(C)cc1Cl)c1cn(C)nc1CC. The van der Waals surface area contributed by atoms with Gasteiger partial charge >= 0.3 is 0 Å². The van der Waals surface area contributed by atoms with Gasteiger partial charge in [-0.05, 0) is 43.5 Å². The van der Waals surface area contributed by atoms with Gasteiger partial charge in [0.05, 0.1) is 5.69 Å². The van der Waals surface area contributed by atoms with E-state index in [-0.39, 0.29) is 6.04 Å². The number of aryl methyl sites for hydroxylation is 3. The molecule has 21 heavy (non-hydrogen) atoms. The Labute approximate surface area is 132 Å². The normalized spacial score (nSPS) is 12.6. The predicted octanol–water partition coefficient (Wildman–Crippen LogP) is 3.84. The van der Waals surface area contributed by atoms with Gasteiger partial charge in [-0.25, -0.2) is 0 Å². The van der Waals surface area contributed by atoms with E-state index in [2.05, 4.69) is 49.5 Å². The summed E-state index contributed by atoms with van der Waals surface area (Å²) in [6.45, 7) is 7.26. The molecule has 1 unspecified atom stereocenters. The number of nitrogens with zero attached hydrogens (tertiary/aromatic N) is 2. The van der Waals surface area contributed by atoms with Crippen LogP contribution in [0.15, 0.2) is 24.4 Å². The highest BCUT2D eigenvalue weighted by atomic mass is 35.5. The lowest BCUT2D eigenvalue weighted by Gasteiger charge is -2.19. The number of aromatic nitrogens is 2. The predicted molar refractivity (Wildman–Crippen MR) is 88.9 cm³/mol. The van der Waals surface area contributed by atoms with E-state index in [1.165, 1.54) is 16.7 Å².